The highest BCUT2D eigenvalue weighted by molar-refractivity contribution is 6.39. The fourth-order valence-electron chi connectivity index (χ4n) is 2.38. The van der Waals surface area contributed by atoms with Crippen LogP contribution < -0.4 is 0 Å². The Morgan fingerprint density at radius 1 is 1.00 bits per heavy atom. The SMILES string of the molecule is O=CC(=O)c1[nH]c2ccc(Cl)cc2c1-c1ccc(Cl)cc1Cl. The van der Waals surface area contributed by atoms with Gasteiger partial charge in [0.15, 0.2) is 6.29 Å². The van der Waals surface area contributed by atoms with Crippen LogP contribution in [0.25, 0.3) is 22.0 Å². The van der Waals surface area contributed by atoms with E-state index in [-0.39, 0.29) is 12.0 Å². The van der Waals surface area contributed by atoms with Crippen LogP contribution in [0.3, 0.4) is 0 Å². The monoisotopic (exact) mass is 351 g/mol. The molecule has 3 nitrogen and oxygen atoms in total. The molecule has 0 aliphatic carbocycles. The van der Waals surface area contributed by atoms with Crippen LogP contribution >= 0.6 is 34.8 Å². The first-order valence-electron chi connectivity index (χ1n) is 6.27. The van der Waals surface area contributed by atoms with Crippen molar-refractivity contribution in [3.63, 3.8) is 0 Å². The third-order valence-corrected chi connectivity index (χ3v) is 4.10. The average molecular weight is 353 g/mol. The lowest BCUT2D eigenvalue weighted by atomic mass is 10.0. The second-order valence-electron chi connectivity index (χ2n) is 4.67. The van der Waals surface area contributed by atoms with Gasteiger partial charge in [-0.05, 0) is 30.3 Å². The Kier molecular flexibility index (Phi) is 3.96. The van der Waals surface area contributed by atoms with Gasteiger partial charge in [-0.3, -0.25) is 9.59 Å². The maximum atomic E-state index is 11.9. The molecule has 0 radical (unpaired) electrons. The number of aldehydes is 1. The minimum atomic E-state index is -0.659. The van der Waals surface area contributed by atoms with E-state index in [1.807, 2.05) is 0 Å². The third kappa shape index (κ3) is 2.52. The van der Waals surface area contributed by atoms with Crippen molar-refractivity contribution in [2.75, 3.05) is 0 Å². The van der Waals surface area contributed by atoms with E-state index in [4.69, 9.17) is 34.8 Å². The number of aromatic amines is 1. The zero-order valence-corrected chi connectivity index (χ0v) is 13.3. The fourth-order valence-corrected chi connectivity index (χ4v) is 3.05. The quantitative estimate of drug-likeness (QED) is 0.401. The summed E-state index contributed by atoms with van der Waals surface area (Å²) in [5, 5.41) is 2.09. The summed E-state index contributed by atoms with van der Waals surface area (Å²) < 4.78 is 0. The molecule has 0 atom stereocenters. The number of carbonyl (C=O) groups excluding carboxylic acids is 2. The standard InChI is InChI=1S/C16H8Cl3NO2/c17-8-2-4-13-11(5-8)15(16(20-13)14(22)7-21)10-3-1-9(18)6-12(10)19/h1-7,20H. The minimum Gasteiger partial charge on any atom is -0.351 e. The van der Waals surface area contributed by atoms with Crippen LogP contribution in [0.15, 0.2) is 36.4 Å². The summed E-state index contributed by atoms with van der Waals surface area (Å²) in [4.78, 5) is 25.8. The molecule has 0 saturated carbocycles. The molecule has 2 aromatic carbocycles. The highest BCUT2D eigenvalue weighted by atomic mass is 35.5. The van der Waals surface area contributed by atoms with Gasteiger partial charge in [0.25, 0.3) is 0 Å². The van der Waals surface area contributed by atoms with E-state index in [0.29, 0.717) is 37.1 Å². The Labute approximate surface area is 140 Å². The van der Waals surface area contributed by atoms with E-state index in [2.05, 4.69) is 4.98 Å². The van der Waals surface area contributed by atoms with Gasteiger partial charge in [0.05, 0.1) is 5.69 Å². The van der Waals surface area contributed by atoms with Gasteiger partial charge in [0.2, 0.25) is 5.78 Å². The number of fused-ring (bicyclic) bond motifs is 1. The van der Waals surface area contributed by atoms with Crippen molar-refractivity contribution >= 4 is 57.8 Å². The Balaban J connectivity index is 2.41. The van der Waals surface area contributed by atoms with Gasteiger partial charge in [0, 0.05) is 37.1 Å². The van der Waals surface area contributed by atoms with Gasteiger partial charge in [-0.1, -0.05) is 40.9 Å². The molecule has 1 heterocycles. The van der Waals surface area contributed by atoms with Gasteiger partial charge in [0.1, 0.15) is 0 Å². The van der Waals surface area contributed by atoms with E-state index in [9.17, 15) is 9.59 Å². The summed E-state index contributed by atoms with van der Waals surface area (Å²) in [5.41, 5.74) is 2.01. The predicted octanol–water partition coefficient (Wildman–Crippen LogP) is 5.18. The molecular formula is C16H8Cl3NO2. The van der Waals surface area contributed by atoms with E-state index in [0.717, 1.165) is 0 Å². The Morgan fingerprint density at radius 3 is 2.36 bits per heavy atom. The summed E-state index contributed by atoms with van der Waals surface area (Å²) in [7, 11) is 0. The number of ketones is 1. The zero-order valence-electron chi connectivity index (χ0n) is 11.0. The molecule has 0 bridgehead atoms. The number of hydrogen-bond donors (Lipinski definition) is 1. The van der Waals surface area contributed by atoms with Gasteiger partial charge in [-0.15, -0.1) is 0 Å². The molecule has 110 valence electrons. The highest BCUT2D eigenvalue weighted by Crippen LogP contribution is 2.38. The minimum absolute atomic E-state index is 0.177. The van der Waals surface area contributed by atoms with Crippen LogP contribution in [-0.2, 0) is 4.79 Å². The van der Waals surface area contributed by atoms with Gasteiger partial charge >= 0.3 is 0 Å². The molecule has 0 spiro atoms. The van der Waals surface area contributed by atoms with E-state index >= 15 is 0 Å². The number of aromatic nitrogens is 1. The number of carbonyl (C=O) groups is 2. The maximum absolute atomic E-state index is 11.9. The van der Waals surface area contributed by atoms with Crippen LogP contribution in [0.5, 0.6) is 0 Å². The molecule has 1 N–H and O–H groups in total. The average Bonchev–Trinajstić information content (AvgIpc) is 2.85. The first-order valence-corrected chi connectivity index (χ1v) is 7.41. The molecule has 1 aromatic heterocycles. The van der Waals surface area contributed by atoms with Crippen LogP contribution in [0.2, 0.25) is 15.1 Å². The molecule has 6 heteroatoms. The number of halogens is 3. The van der Waals surface area contributed by atoms with Crippen LogP contribution in [0.4, 0.5) is 0 Å². The molecule has 0 amide bonds. The van der Waals surface area contributed by atoms with Crippen molar-refractivity contribution in [3.8, 4) is 11.1 Å². The molecule has 3 rings (SSSR count). The predicted molar refractivity (Wildman–Crippen MR) is 89.2 cm³/mol. The number of nitrogens with one attached hydrogen (secondary N) is 1. The first kappa shape index (κ1) is 15.1. The Hall–Kier alpha value is -1.81. The molecule has 0 fully saturated rings. The summed E-state index contributed by atoms with van der Waals surface area (Å²) in [6.07, 6.45) is 0.264. The van der Waals surface area contributed by atoms with Crippen molar-refractivity contribution in [2.24, 2.45) is 0 Å². The largest absolute Gasteiger partial charge is 0.351 e. The second kappa shape index (κ2) is 5.76. The summed E-state index contributed by atoms with van der Waals surface area (Å²) >= 11 is 18.2. The molecule has 0 unspecified atom stereocenters. The lowest BCUT2D eigenvalue weighted by molar-refractivity contribution is -0.104. The Bertz CT molecular complexity index is 915. The normalized spacial score (nSPS) is 10.9. The molecule has 22 heavy (non-hydrogen) atoms. The molecule has 0 saturated heterocycles. The second-order valence-corrected chi connectivity index (χ2v) is 5.95. The van der Waals surface area contributed by atoms with Crippen molar-refractivity contribution in [3.05, 3.63) is 57.2 Å². The molecule has 3 aromatic rings. The van der Waals surface area contributed by atoms with Crippen molar-refractivity contribution < 1.29 is 9.59 Å². The number of Topliss-reactive ketones (excluding diaryl/α,β-unsaturated/α-hetero) is 1. The summed E-state index contributed by atoms with van der Waals surface area (Å²) in [6.45, 7) is 0. The molecule has 0 aliphatic rings. The summed E-state index contributed by atoms with van der Waals surface area (Å²) in [6, 6.07) is 10.1. The highest BCUT2D eigenvalue weighted by Gasteiger charge is 2.20. The zero-order chi connectivity index (χ0) is 15.9. The first-order chi connectivity index (χ1) is 10.5. The van der Waals surface area contributed by atoms with Crippen molar-refractivity contribution in [2.45, 2.75) is 0 Å². The fraction of sp³-hybridized carbons (Fsp3) is 0. The van der Waals surface area contributed by atoms with Crippen LogP contribution in [0, 0.1) is 0 Å². The number of H-pyrrole nitrogens is 1. The molecular weight excluding hydrogens is 345 g/mol. The van der Waals surface area contributed by atoms with Gasteiger partial charge < -0.3 is 4.98 Å². The van der Waals surface area contributed by atoms with E-state index < -0.39 is 5.78 Å². The molecule has 0 aliphatic heterocycles. The maximum Gasteiger partial charge on any atom is 0.242 e. The van der Waals surface area contributed by atoms with E-state index in [1.165, 1.54) is 0 Å². The van der Waals surface area contributed by atoms with E-state index in [1.54, 1.807) is 36.4 Å². The smallest absolute Gasteiger partial charge is 0.242 e. The van der Waals surface area contributed by atoms with Crippen molar-refractivity contribution in [1.82, 2.24) is 4.98 Å². The van der Waals surface area contributed by atoms with Crippen LogP contribution in [0.1, 0.15) is 10.5 Å². The number of benzene rings is 2. The lowest BCUT2D eigenvalue weighted by Gasteiger charge is -2.06. The van der Waals surface area contributed by atoms with Crippen molar-refractivity contribution in [1.29, 1.82) is 0 Å². The van der Waals surface area contributed by atoms with Crippen LogP contribution in [-0.4, -0.2) is 17.1 Å². The third-order valence-electron chi connectivity index (χ3n) is 3.31. The van der Waals surface area contributed by atoms with Gasteiger partial charge in [-0.25, -0.2) is 0 Å². The van der Waals surface area contributed by atoms with Gasteiger partial charge in [-0.2, -0.15) is 0 Å². The number of hydrogen-bond acceptors (Lipinski definition) is 2. The summed E-state index contributed by atoms with van der Waals surface area (Å²) in [5.74, 6) is -0.659. The lowest BCUT2D eigenvalue weighted by Crippen LogP contribution is -2.02. The number of rotatable bonds is 3. The Morgan fingerprint density at radius 2 is 1.68 bits per heavy atom. The topological polar surface area (TPSA) is 49.9 Å².